The van der Waals surface area contributed by atoms with Crippen molar-refractivity contribution in [3.05, 3.63) is 0 Å². The van der Waals surface area contributed by atoms with E-state index in [9.17, 15) is 0 Å². The molecular weight excluding hydrogens is 352 g/mol. The van der Waals surface area contributed by atoms with Crippen LogP contribution in [0.4, 0.5) is 0 Å². The molecule has 0 amide bonds. The Bertz CT molecular complexity index is 154. The molecule has 0 aliphatic rings. The van der Waals surface area contributed by atoms with Crippen molar-refractivity contribution in [3.8, 4) is 0 Å². The number of rotatable bonds is 7. The van der Waals surface area contributed by atoms with Crippen LogP contribution < -0.4 is 0 Å². The van der Waals surface area contributed by atoms with Gasteiger partial charge >= 0.3 is 0 Å². The van der Waals surface area contributed by atoms with Gasteiger partial charge in [-0.3, -0.25) is 0 Å². The van der Waals surface area contributed by atoms with E-state index in [-0.39, 0.29) is 61.4 Å². The maximum Gasteiger partial charge on any atom is 0.183 e. The Balaban J connectivity index is -0.0000000620. The molecule has 0 rings (SSSR count). The number of hydrogen-bond donors (Lipinski definition) is 10. The van der Waals surface area contributed by atoms with E-state index in [1.54, 1.807) is 0 Å². The molecule has 0 atom stereocenters. The van der Waals surface area contributed by atoms with Gasteiger partial charge in [0.25, 0.3) is 0 Å². The minimum atomic E-state index is -1.90. The van der Waals surface area contributed by atoms with Gasteiger partial charge in [-0.05, 0) is 19.8 Å². The van der Waals surface area contributed by atoms with E-state index in [2.05, 4.69) is 0 Å². The van der Waals surface area contributed by atoms with Crippen LogP contribution in [-0.4, -0.2) is 109 Å². The van der Waals surface area contributed by atoms with Crippen LogP contribution in [0, 0.1) is 0 Å². The summed E-state index contributed by atoms with van der Waals surface area (Å²) in [6, 6.07) is 0. The maximum atomic E-state index is 8.17. The predicted molar refractivity (Wildman–Crippen MR) is 77.7 cm³/mol. The van der Waals surface area contributed by atoms with E-state index in [4.69, 9.17) is 51.1 Å². The molecule has 0 spiro atoms. The van der Waals surface area contributed by atoms with Gasteiger partial charge in [-0.1, -0.05) is 0 Å². The summed E-state index contributed by atoms with van der Waals surface area (Å²) < 4.78 is 0. The molecule has 0 aliphatic heterocycles. The monoisotopic (exact) mass is 384 g/mol. The zero-order valence-corrected chi connectivity index (χ0v) is 15.0. The average Bonchev–Trinajstić information content (AvgIpc) is 2.49. The minimum Gasteiger partial charge on any atom is -0.396 e. The molecular formula is C12H32O10Ti. The van der Waals surface area contributed by atoms with Crippen molar-refractivity contribution < 1.29 is 72.8 Å². The number of aliphatic hydroxyl groups is 10. The predicted octanol–water partition coefficient (Wildman–Crippen LogP) is -4.27. The summed E-state index contributed by atoms with van der Waals surface area (Å²) in [6.07, 6.45) is 0.0463. The first-order chi connectivity index (χ1) is 10.2. The molecule has 11 heteroatoms. The Morgan fingerprint density at radius 2 is 0.913 bits per heavy atom. The van der Waals surface area contributed by atoms with Crippen LogP contribution in [0.15, 0.2) is 0 Å². The fourth-order valence-electron chi connectivity index (χ4n) is 0.199. The van der Waals surface area contributed by atoms with Crippen LogP contribution in [0.2, 0.25) is 0 Å². The maximum absolute atomic E-state index is 8.17. The molecule has 0 aromatic rings. The quantitative estimate of drug-likeness (QED) is 0.151. The summed E-state index contributed by atoms with van der Waals surface area (Å²) in [7, 11) is 0. The summed E-state index contributed by atoms with van der Waals surface area (Å²) in [4.78, 5) is 0. The van der Waals surface area contributed by atoms with Crippen molar-refractivity contribution in [2.75, 3.05) is 46.2 Å². The van der Waals surface area contributed by atoms with E-state index >= 15 is 0 Å². The topological polar surface area (TPSA) is 202 Å². The summed E-state index contributed by atoms with van der Waals surface area (Å²) >= 11 is 0. The van der Waals surface area contributed by atoms with E-state index in [1.807, 2.05) is 0 Å². The molecule has 0 aromatic heterocycles. The second-order valence-electron chi connectivity index (χ2n) is 4.00. The van der Waals surface area contributed by atoms with Gasteiger partial charge in [0.15, 0.2) is 5.79 Å². The zero-order valence-electron chi connectivity index (χ0n) is 13.4. The third-order valence-electron chi connectivity index (χ3n) is 1.35. The van der Waals surface area contributed by atoms with Gasteiger partial charge in [0.2, 0.25) is 0 Å². The van der Waals surface area contributed by atoms with E-state index in [0.29, 0.717) is 12.8 Å². The fraction of sp³-hybridized carbons (Fsp3) is 1.00. The van der Waals surface area contributed by atoms with Crippen LogP contribution >= 0.6 is 0 Å². The van der Waals surface area contributed by atoms with E-state index < -0.39 is 18.5 Å². The van der Waals surface area contributed by atoms with Crippen molar-refractivity contribution in [2.45, 2.75) is 31.7 Å². The van der Waals surface area contributed by atoms with Gasteiger partial charge in [-0.25, -0.2) is 0 Å². The van der Waals surface area contributed by atoms with Gasteiger partial charge < -0.3 is 51.1 Å². The van der Waals surface area contributed by atoms with Crippen LogP contribution in [0.3, 0.4) is 0 Å². The SMILES string of the molecule is CC(O)(O)CO.OCC(O)CO.OCCCO.OCCCO.[Ti]. The van der Waals surface area contributed by atoms with Crippen molar-refractivity contribution in [2.24, 2.45) is 0 Å². The van der Waals surface area contributed by atoms with Crippen molar-refractivity contribution in [1.82, 2.24) is 0 Å². The van der Waals surface area contributed by atoms with Crippen molar-refractivity contribution >= 4 is 0 Å². The van der Waals surface area contributed by atoms with E-state index in [1.165, 1.54) is 0 Å². The molecule has 144 valence electrons. The van der Waals surface area contributed by atoms with Crippen molar-refractivity contribution in [1.29, 1.82) is 0 Å². The van der Waals surface area contributed by atoms with Crippen molar-refractivity contribution in [3.63, 3.8) is 0 Å². The molecule has 0 saturated carbocycles. The molecule has 0 heterocycles. The standard InChI is InChI=1S/2C3H8O3.2C3H8O2.Ti/c1-3(5,6)2-4;4-1-3(6)2-5;2*4-2-1-3-5;/h4-6H,2H2,1H3;3-6H,1-2H2;2*4-5H,1-3H2;. The van der Waals surface area contributed by atoms with Crippen LogP contribution in [-0.2, 0) is 21.7 Å². The minimum absolute atomic E-state index is 0. The molecule has 23 heavy (non-hydrogen) atoms. The first kappa shape index (κ1) is 34.6. The van der Waals surface area contributed by atoms with Gasteiger partial charge in [0.1, 0.15) is 6.10 Å². The first-order valence-electron chi connectivity index (χ1n) is 6.59. The molecule has 0 aromatic carbocycles. The summed E-state index contributed by atoms with van der Waals surface area (Å²) in [5.41, 5.74) is 0. The molecule has 0 unspecified atom stereocenters. The zero-order chi connectivity index (χ0) is 18.4. The molecule has 0 bridgehead atoms. The Labute approximate surface area is 151 Å². The molecule has 10 nitrogen and oxygen atoms in total. The molecule has 0 aliphatic carbocycles. The average molecular weight is 384 g/mol. The Hall–Kier alpha value is 0.314. The fourth-order valence-corrected chi connectivity index (χ4v) is 0.199. The summed E-state index contributed by atoms with van der Waals surface area (Å²) in [6.45, 7) is 0.132. The van der Waals surface area contributed by atoms with Crippen LogP contribution in [0.1, 0.15) is 19.8 Å². The number of hydrogen-bond acceptors (Lipinski definition) is 10. The summed E-state index contributed by atoms with van der Waals surface area (Å²) in [5, 5.41) is 79.8. The van der Waals surface area contributed by atoms with Gasteiger partial charge in [-0.15, -0.1) is 0 Å². The van der Waals surface area contributed by atoms with Crippen LogP contribution in [0.25, 0.3) is 0 Å². The third kappa shape index (κ3) is 71.9. The smallest absolute Gasteiger partial charge is 0.183 e. The molecule has 0 radical (unpaired) electrons. The normalized spacial score (nSPS) is 9.39. The Morgan fingerprint density at radius 1 is 0.696 bits per heavy atom. The molecule has 10 N–H and O–H groups in total. The molecule has 0 saturated heterocycles. The summed E-state index contributed by atoms with van der Waals surface area (Å²) in [5.74, 6) is -1.90. The Kier molecular flexibility index (Phi) is 45.5. The van der Waals surface area contributed by atoms with Gasteiger partial charge in [-0.2, -0.15) is 0 Å². The Morgan fingerprint density at radius 3 is 0.913 bits per heavy atom. The van der Waals surface area contributed by atoms with Gasteiger partial charge in [0.05, 0.1) is 19.8 Å². The number of aliphatic hydroxyl groups excluding tert-OH is 8. The van der Waals surface area contributed by atoms with E-state index in [0.717, 1.165) is 6.92 Å². The second kappa shape index (κ2) is 30.2. The second-order valence-corrected chi connectivity index (χ2v) is 4.00. The largest absolute Gasteiger partial charge is 0.396 e. The molecule has 0 fully saturated rings. The van der Waals surface area contributed by atoms with Crippen LogP contribution in [0.5, 0.6) is 0 Å². The first-order valence-corrected chi connectivity index (χ1v) is 6.59. The third-order valence-corrected chi connectivity index (χ3v) is 1.35. The van der Waals surface area contributed by atoms with Gasteiger partial charge in [0, 0.05) is 48.1 Å².